The Labute approximate surface area is 308 Å². The van der Waals surface area contributed by atoms with E-state index in [9.17, 15) is 0 Å². The Bertz CT molecular complexity index is 1960. The number of hydrogen-bond acceptors (Lipinski definition) is 10. The smallest absolute Gasteiger partial charge is 0.255 e. The van der Waals surface area contributed by atoms with Gasteiger partial charge in [-0.3, -0.25) is 39.9 Å². The Balaban J connectivity index is 0.000000167. The molecule has 246 valence electrons. The van der Waals surface area contributed by atoms with Crippen LogP contribution in [0, 0.1) is 0 Å². The maximum atomic E-state index is 4.34. The van der Waals surface area contributed by atoms with Gasteiger partial charge >= 0.3 is 19.5 Å². The van der Waals surface area contributed by atoms with Crippen molar-refractivity contribution in [2.24, 2.45) is 10.2 Å². The van der Waals surface area contributed by atoms with Crippen LogP contribution in [0.2, 0.25) is 0 Å². The van der Waals surface area contributed by atoms with Crippen molar-refractivity contribution < 1.29 is 19.5 Å². The third-order valence-electron chi connectivity index (χ3n) is 6.81. The third kappa shape index (κ3) is 11.0. The molecule has 0 unspecified atom stereocenters. The number of aromatic nitrogens is 8. The molecule has 0 saturated carbocycles. The normalized spacial score (nSPS) is 10.1. The summed E-state index contributed by atoms with van der Waals surface area (Å²) in [4.78, 5) is 34.0. The summed E-state index contributed by atoms with van der Waals surface area (Å²) in [5.41, 5.74) is 8.18. The Morgan fingerprint density at radius 3 is 0.725 bits per heavy atom. The zero-order valence-corrected chi connectivity index (χ0v) is 28.9. The van der Waals surface area contributed by atoms with Crippen molar-refractivity contribution in [2.75, 3.05) is 0 Å². The van der Waals surface area contributed by atoms with Crippen LogP contribution in [0.15, 0.2) is 193 Å². The fourth-order valence-electron chi connectivity index (χ4n) is 4.44. The van der Waals surface area contributed by atoms with E-state index in [2.05, 4.69) is 50.1 Å². The van der Waals surface area contributed by atoms with Crippen LogP contribution in [-0.2, 0) is 19.5 Å². The van der Waals surface area contributed by atoms with Crippen molar-refractivity contribution in [3.05, 3.63) is 183 Å². The topological polar surface area (TPSA) is 128 Å². The average Bonchev–Trinajstić information content (AvgIpc) is 3.23. The van der Waals surface area contributed by atoms with Gasteiger partial charge in [0.1, 0.15) is 0 Å². The number of nitrogens with zero attached hydrogens (tertiary/aromatic N) is 10. The average molecular weight is 752 g/mol. The number of azo groups is 1. The predicted octanol–water partition coefficient (Wildman–Crippen LogP) is 9.30. The summed E-state index contributed by atoms with van der Waals surface area (Å²) in [5.74, 6) is 0. The molecule has 0 saturated heterocycles. The molecule has 0 fully saturated rings. The van der Waals surface area contributed by atoms with Crippen LogP contribution in [0.1, 0.15) is 0 Å². The fourth-order valence-corrected chi connectivity index (χ4v) is 4.44. The summed E-state index contributed by atoms with van der Waals surface area (Å²) in [6.45, 7) is 0. The quantitative estimate of drug-likeness (QED) is 0.122. The third-order valence-corrected chi connectivity index (χ3v) is 6.81. The van der Waals surface area contributed by atoms with Crippen LogP contribution in [0.25, 0.3) is 45.6 Å². The van der Waals surface area contributed by atoms with Gasteiger partial charge in [0.2, 0.25) is 0 Å². The SMILES string of the molecule is [Ru+2].c1ccc(-c2cc(N=Nc3ccnc(-c4ccccn4)c3)ccn2)nc1.c1ccc(-c2ccccn2)nc1.c1ccc(-c2ccccn2)nc1. The van der Waals surface area contributed by atoms with Crippen molar-refractivity contribution in [3.8, 4) is 45.6 Å². The van der Waals surface area contributed by atoms with E-state index in [1.807, 2.05) is 121 Å². The molecule has 8 heterocycles. The number of pyridine rings is 8. The molecule has 0 aliphatic carbocycles. The largest absolute Gasteiger partial charge is 2.00 e. The van der Waals surface area contributed by atoms with E-state index in [4.69, 9.17) is 0 Å². The zero-order chi connectivity index (χ0) is 34.1. The van der Waals surface area contributed by atoms with E-state index in [1.165, 1.54) is 0 Å². The van der Waals surface area contributed by atoms with Gasteiger partial charge in [-0.05, 0) is 97.1 Å². The molecular weight excluding hydrogens is 722 g/mol. The molecule has 11 heteroatoms. The molecule has 8 rings (SSSR count). The molecule has 0 aromatic carbocycles. The zero-order valence-electron chi connectivity index (χ0n) is 27.1. The Morgan fingerprint density at radius 1 is 0.255 bits per heavy atom. The minimum atomic E-state index is 0. The molecule has 10 nitrogen and oxygen atoms in total. The van der Waals surface area contributed by atoms with Crippen molar-refractivity contribution in [1.29, 1.82) is 0 Å². The molecule has 0 aliphatic heterocycles. The maximum Gasteiger partial charge on any atom is 2.00 e. The van der Waals surface area contributed by atoms with E-state index in [-0.39, 0.29) is 19.5 Å². The van der Waals surface area contributed by atoms with Crippen LogP contribution < -0.4 is 0 Å². The monoisotopic (exact) mass is 752 g/mol. The van der Waals surface area contributed by atoms with Gasteiger partial charge in [-0.25, -0.2) is 0 Å². The Kier molecular flexibility index (Phi) is 13.6. The van der Waals surface area contributed by atoms with Crippen molar-refractivity contribution in [1.82, 2.24) is 39.9 Å². The molecule has 0 radical (unpaired) electrons. The first-order valence-electron chi connectivity index (χ1n) is 15.6. The molecule has 0 spiro atoms. The van der Waals surface area contributed by atoms with Crippen LogP contribution in [-0.4, -0.2) is 39.9 Å². The number of hydrogen-bond donors (Lipinski definition) is 0. The van der Waals surface area contributed by atoms with Gasteiger partial charge in [0, 0.05) is 49.6 Å². The first-order valence-corrected chi connectivity index (χ1v) is 15.6. The summed E-state index contributed by atoms with van der Waals surface area (Å²) in [7, 11) is 0. The van der Waals surface area contributed by atoms with E-state index >= 15 is 0 Å². The minimum Gasteiger partial charge on any atom is -0.255 e. The molecule has 51 heavy (non-hydrogen) atoms. The molecule has 0 N–H and O–H groups in total. The van der Waals surface area contributed by atoms with Crippen LogP contribution in [0.4, 0.5) is 11.4 Å². The number of rotatable bonds is 6. The maximum absolute atomic E-state index is 4.34. The van der Waals surface area contributed by atoms with Crippen LogP contribution in [0.3, 0.4) is 0 Å². The second-order valence-electron chi connectivity index (χ2n) is 10.3. The van der Waals surface area contributed by atoms with Gasteiger partial charge in [0.05, 0.1) is 56.9 Å². The molecule has 8 aromatic rings. The summed E-state index contributed by atoms with van der Waals surface area (Å²) in [5, 5.41) is 8.61. The second-order valence-corrected chi connectivity index (χ2v) is 10.3. The van der Waals surface area contributed by atoms with E-state index in [0.717, 1.165) is 45.6 Å². The van der Waals surface area contributed by atoms with Crippen molar-refractivity contribution in [3.63, 3.8) is 0 Å². The molecule has 0 amide bonds. The molecule has 0 aliphatic rings. The minimum absolute atomic E-state index is 0. The van der Waals surface area contributed by atoms with E-state index < -0.39 is 0 Å². The van der Waals surface area contributed by atoms with Gasteiger partial charge in [-0.15, -0.1) is 0 Å². The molecule has 0 bridgehead atoms. The second kappa shape index (κ2) is 19.4. The van der Waals surface area contributed by atoms with Gasteiger partial charge in [-0.1, -0.05) is 36.4 Å². The first-order chi connectivity index (χ1) is 24.8. The molecular formula is C40H30N10Ru+2. The summed E-state index contributed by atoms with van der Waals surface area (Å²) in [6, 6.07) is 41.9. The van der Waals surface area contributed by atoms with Gasteiger partial charge < -0.3 is 0 Å². The fraction of sp³-hybridized carbons (Fsp3) is 0. The summed E-state index contributed by atoms with van der Waals surface area (Å²) >= 11 is 0. The predicted molar refractivity (Wildman–Crippen MR) is 194 cm³/mol. The summed E-state index contributed by atoms with van der Waals surface area (Å²) in [6.07, 6.45) is 13.9. The van der Waals surface area contributed by atoms with Gasteiger partial charge in [-0.2, -0.15) is 10.2 Å². The van der Waals surface area contributed by atoms with Gasteiger partial charge in [0.15, 0.2) is 0 Å². The van der Waals surface area contributed by atoms with E-state index in [1.54, 1.807) is 61.7 Å². The Hall–Kier alpha value is -6.58. The van der Waals surface area contributed by atoms with Crippen molar-refractivity contribution >= 4 is 11.4 Å². The summed E-state index contributed by atoms with van der Waals surface area (Å²) < 4.78 is 0. The molecule has 0 atom stereocenters. The van der Waals surface area contributed by atoms with E-state index in [0.29, 0.717) is 11.4 Å². The Morgan fingerprint density at radius 2 is 0.490 bits per heavy atom. The first kappa shape index (κ1) is 35.7. The van der Waals surface area contributed by atoms with Gasteiger partial charge in [0.25, 0.3) is 0 Å². The van der Waals surface area contributed by atoms with Crippen LogP contribution >= 0.6 is 0 Å². The van der Waals surface area contributed by atoms with Crippen molar-refractivity contribution in [2.45, 2.75) is 0 Å². The molecule has 8 aromatic heterocycles. The standard InChI is InChI=1S/C20H14N6.2C10H8N2.Ru/c1-3-9-21-17(5-1)19-13-15(7-11-23-19)25-26-16-8-12-24-20(14-16)18-6-2-4-10-22-18;2*1-3-7-11-9(5-1)10-6-2-4-8-12-10;/h1-14H;2*1-8H;/q;;;+2. The van der Waals surface area contributed by atoms with Crippen LogP contribution in [0.5, 0.6) is 0 Å².